The largest absolute Gasteiger partial charge is 0.490 e. The van der Waals surface area contributed by atoms with Gasteiger partial charge in [0.15, 0.2) is 17.3 Å². The highest BCUT2D eigenvalue weighted by molar-refractivity contribution is 6.19. The van der Waals surface area contributed by atoms with E-state index in [1.54, 1.807) is 12.1 Å². The number of nitrogens with zero attached hydrogens (tertiary/aromatic N) is 2. The molecule has 1 amide bonds. The van der Waals surface area contributed by atoms with Gasteiger partial charge in [-0.05, 0) is 31.5 Å². The van der Waals surface area contributed by atoms with E-state index >= 15 is 0 Å². The van der Waals surface area contributed by atoms with Gasteiger partial charge in [0.05, 0.1) is 6.61 Å². The molecule has 2 aromatic carbocycles. The summed E-state index contributed by atoms with van der Waals surface area (Å²) in [4.78, 5) is 21.4. The molecule has 2 aliphatic rings. The van der Waals surface area contributed by atoms with Gasteiger partial charge in [0.25, 0.3) is 5.91 Å². The van der Waals surface area contributed by atoms with Crippen LogP contribution in [0.3, 0.4) is 0 Å². The van der Waals surface area contributed by atoms with Crippen LogP contribution in [0.15, 0.2) is 65.1 Å². The second kappa shape index (κ2) is 7.68. The summed E-state index contributed by atoms with van der Waals surface area (Å²) in [5, 5.41) is 0. The van der Waals surface area contributed by atoms with Crippen LogP contribution in [-0.2, 0) is 11.2 Å². The minimum atomic E-state index is -0.506. The number of rotatable bonds is 6. The third-order valence-electron chi connectivity index (χ3n) is 4.48. The first-order valence-corrected chi connectivity index (χ1v) is 9.17. The summed E-state index contributed by atoms with van der Waals surface area (Å²) in [5.74, 6) is 1.83. The lowest BCUT2D eigenvalue weighted by molar-refractivity contribution is -0.120. The van der Waals surface area contributed by atoms with Gasteiger partial charge in [0.1, 0.15) is 18.3 Å². The van der Waals surface area contributed by atoms with Gasteiger partial charge in [0, 0.05) is 11.1 Å². The Balaban J connectivity index is 1.67. The highest BCUT2D eigenvalue weighted by Gasteiger charge is 2.37. The van der Waals surface area contributed by atoms with Crippen LogP contribution < -0.4 is 14.2 Å². The summed E-state index contributed by atoms with van der Waals surface area (Å²) in [6.07, 6.45) is 2.16. The zero-order valence-electron chi connectivity index (χ0n) is 15.6. The lowest BCUT2D eigenvalue weighted by atomic mass is 9.93. The minimum Gasteiger partial charge on any atom is -0.490 e. The molecule has 2 heterocycles. The van der Waals surface area contributed by atoms with Crippen molar-refractivity contribution in [2.45, 2.75) is 13.3 Å². The second-order valence-corrected chi connectivity index (χ2v) is 6.39. The molecule has 0 bridgehead atoms. The summed E-state index contributed by atoms with van der Waals surface area (Å²) >= 11 is 0. The summed E-state index contributed by atoms with van der Waals surface area (Å²) in [7, 11) is 0. The van der Waals surface area contributed by atoms with E-state index in [1.165, 1.54) is 0 Å². The van der Waals surface area contributed by atoms with Crippen molar-refractivity contribution < 1.29 is 19.0 Å². The highest BCUT2D eigenvalue weighted by atomic mass is 16.5. The molecular weight excluding hydrogens is 356 g/mol. The van der Waals surface area contributed by atoms with Crippen molar-refractivity contribution in [3.63, 3.8) is 0 Å². The topological polar surface area (TPSA) is 69.5 Å². The Hall–Kier alpha value is -3.41. The normalized spacial score (nSPS) is 17.5. The van der Waals surface area contributed by atoms with Crippen LogP contribution in [0.1, 0.15) is 18.1 Å². The van der Waals surface area contributed by atoms with Crippen LogP contribution in [0.4, 0.5) is 0 Å². The zero-order valence-corrected chi connectivity index (χ0v) is 15.6. The maximum absolute atomic E-state index is 12.7. The first-order chi connectivity index (χ1) is 13.7. The Bertz CT molecular complexity index is 994. The number of fused-ring (bicyclic) bond motifs is 2. The maximum atomic E-state index is 12.7. The summed E-state index contributed by atoms with van der Waals surface area (Å²) < 4.78 is 17.2. The molecule has 4 rings (SSSR count). The van der Waals surface area contributed by atoms with Crippen LogP contribution >= 0.6 is 0 Å². The van der Waals surface area contributed by atoms with E-state index < -0.39 is 5.92 Å². The Morgan fingerprint density at radius 1 is 1.21 bits per heavy atom. The molecule has 1 atom stereocenters. The molecule has 0 radical (unpaired) electrons. The SMILES string of the molecule is C=CCOc1cccc(C2=NC(=O)C3Cc4cccc(OCC)c4OC3=N2)c1. The number of amidine groups is 1. The number of aliphatic imine (C=N–C) groups is 2. The molecule has 1 unspecified atom stereocenters. The molecule has 0 spiro atoms. The Labute approximate surface area is 163 Å². The van der Waals surface area contributed by atoms with Crippen molar-refractivity contribution in [3.8, 4) is 17.2 Å². The predicted octanol–water partition coefficient (Wildman–Crippen LogP) is 3.59. The molecule has 2 aromatic rings. The quantitative estimate of drug-likeness (QED) is 0.723. The lowest BCUT2D eigenvalue weighted by Gasteiger charge is -2.28. The number of hydrogen-bond donors (Lipinski definition) is 0. The number of carbonyl (C=O) groups excluding carboxylic acids is 1. The average molecular weight is 376 g/mol. The standard InChI is InChI=1S/C22H20N2O4/c1-3-11-27-16-9-5-8-15(12-16)20-23-21(25)17-13-14-7-6-10-18(26-4-2)19(14)28-22(17)24-20/h3,5-10,12,17H,1,4,11,13H2,2H3. The van der Waals surface area contributed by atoms with Gasteiger partial charge < -0.3 is 14.2 Å². The second-order valence-electron chi connectivity index (χ2n) is 6.39. The summed E-state index contributed by atoms with van der Waals surface area (Å²) in [6, 6.07) is 13.0. The van der Waals surface area contributed by atoms with Crippen molar-refractivity contribution >= 4 is 17.6 Å². The fourth-order valence-corrected chi connectivity index (χ4v) is 3.20. The monoisotopic (exact) mass is 376 g/mol. The molecule has 0 N–H and O–H groups in total. The predicted molar refractivity (Wildman–Crippen MR) is 107 cm³/mol. The van der Waals surface area contributed by atoms with Gasteiger partial charge in [0.2, 0.25) is 5.90 Å². The molecule has 6 heteroatoms. The van der Waals surface area contributed by atoms with Gasteiger partial charge >= 0.3 is 0 Å². The summed E-state index contributed by atoms with van der Waals surface area (Å²) in [5.41, 5.74) is 1.61. The molecule has 0 saturated heterocycles. The van der Waals surface area contributed by atoms with Crippen molar-refractivity contribution in [2.24, 2.45) is 15.9 Å². The molecule has 2 aliphatic heterocycles. The van der Waals surface area contributed by atoms with Gasteiger partial charge in [-0.25, -0.2) is 0 Å². The van der Waals surface area contributed by atoms with Crippen LogP contribution in [0, 0.1) is 5.92 Å². The van der Waals surface area contributed by atoms with E-state index in [9.17, 15) is 4.79 Å². The van der Waals surface area contributed by atoms with Gasteiger partial charge in [-0.3, -0.25) is 4.79 Å². The lowest BCUT2D eigenvalue weighted by Crippen LogP contribution is -2.37. The molecule has 0 aliphatic carbocycles. The minimum absolute atomic E-state index is 0.259. The Morgan fingerprint density at radius 3 is 2.89 bits per heavy atom. The van der Waals surface area contributed by atoms with E-state index in [-0.39, 0.29) is 5.91 Å². The number of carbonyl (C=O) groups is 1. The van der Waals surface area contributed by atoms with Gasteiger partial charge in [-0.1, -0.05) is 36.9 Å². The van der Waals surface area contributed by atoms with Crippen molar-refractivity contribution in [2.75, 3.05) is 13.2 Å². The Morgan fingerprint density at radius 2 is 2.07 bits per heavy atom. The third-order valence-corrected chi connectivity index (χ3v) is 4.48. The van der Waals surface area contributed by atoms with Crippen LogP contribution in [0.5, 0.6) is 17.2 Å². The van der Waals surface area contributed by atoms with E-state index in [0.717, 1.165) is 5.56 Å². The molecule has 0 aromatic heterocycles. The first-order valence-electron chi connectivity index (χ1n) is 9.17. The van der Waals surface area contributed by atoms with Crippen molar-refractivity contribution in [1.29, 1.82) is 0 Å². The van der Waals surface area contributed by atoms with Crippen molar-refractivity contribution in [1.82, 2.24) is 0 Å². The van der Waals surface area contributed by atoms with E-state index in [2.05, 4.69) is 16.6 Å². The fourth-order valence-electron chi connectivity index (χ4n) is 3.20. The smallest absolute Gasteiger partial charge is 0.260 e. The average Bonchev–Trinajstić information content (AvgIpc) is 2.72. The molecule has 142 valence electrons. The van der Waals surface area contributed by atoms with E-state index in [1.807, 2.05) is 43.3 Å². The molecule has 0 saturated carbocycles. The number of hydrogen-bond acceptors (Lipinski definition) is 5. The third kappa shape index (κ3) is 3.41. The first kappa shape index (κ1) is 18.0. The van der Waals surface area contributed by atoms with E-state index in [0.29, 0.717) is 54.2 Å². The molecule has 28 heavy (non-hydrogen) atoms. The van der Waals surface area contributed by atoms with Crippen molar-refractivity contribution in [3.05, 3.63) is 66.2 Å². The summed E-state index contributed by atoms with van der Waals surface area (Å²) in [6.45, 7) is 6.48. The molecule has 6 nitrogen and oxygen atoms in total. The fraction of sp³-hybridized carbons (Fsp3) is 0.227. The number of para-hydroxylation sites is 1. The number of amides is 1. The molecule has 0 fully saturated rings. The van der Waals surface area contributed by atoms with Crippen LogP contribution in [0.2, 0.25) is 0 Å². The van der Waals surface area contributed by atoms with Crippen LogP contribution in [-0.4, -0.2) is 30.9 Å². The molecular formula is C22H20N2O4. The van der Waals surface area contributed by atoms with Gasteiger partial charge in [-0.15, -0.1) is 0 Å². The maximum Gasteiger partial charge on any atom is 0.260 e. The van der Waals surface area contributed by atoms with E-state index in [4.69, 9.17) is 14.2 Å². The zero-order chi connectivity index (χ0) is 19.5. The van der Waals surface area contributed by atoms with Crippen LogP contribution in [0.25, 0.3) is 0 Å². The highest BCUT2D eigenvalue weighted by Crippen LogP contribution is 2.38. The number of ether oxygens (including phenoxy) is 3. The Kier molecular flexibility index (Phi) is 4.93. The van der Waals surface area contributed by atoms with Gasteiger partial charge in [-0.2, -0.15) is 9.98 Å². The number of benzene rings is 2.